The zero-order valence-corrected chi connectivity index (χ0v) is 12.0. The van der Waals surface area contributed by atoms with E-state index in [0.717, 1.165) is 38.5 Å². The highest BCUT2D eigenvalue weighted by molar-refractivity contribution is 7.92. The third-order valence-corrected chi connectivity index (χ3v) is 6.72. The summed E-state index contributed by atoms with van der Waals surface area (Å²) in [6.07, 6.45) is 6.50. The Morgan fingerprint density at radius 1 is 1.05 bits per heavy atom. The Balaban J connectivity index is 1.91. The van der Waals surface area contributed by atoms with Crippen molar-refractivity contribution in [2.45, 2.75) is 61.1 Å². The smallest absolute Gasteiger partial charge is 0.181 e. The molecule has 0 heterocycles. The highest BCUT2D eigenvalue weighted by Gasteiger charge is 2.32. The molecule has 0 aromatic heterocycles. The summed E-state index contributed by atoms with van der Waals surface area (Å²) in [6, 6.07) is 5.73. The fourth-order valence-electron chi connectivity index (χ4n) is 3.38. The third kappa shape index (κ3) is 2.43. The molecule has 1 aromatic carbocycles. The van der Waals surface area contributed by atoms with Gasteiger partial charge in [-0.25, -0.2) is 8.42 Å². The summed E-state index contributed by atoms with van der Waals surface area (Å²) in [7, 11) is -3.20. The molecule has 0 amide bonds. The van der Waals surface area contributed by atoms with Crippen LogP contribution in [0.25, 0.3) is 0 Å². The Kier molecular flexibility index (Phi) is 3.39. The minimum Gasteiger partial charge on any atom is -0.328 e. The Bertz CT molecular complexity index is 580. The van der Waals surface area contributed by atoms with Crippen molar-refractivity contribution >= 4 is 9.84 Å². The van der Waals surface area contributed by atoms with E-state index in [9.17, 15) is 8.42 Å². The largest absolute Gasteiger partial charge is 0.328 e. The summed E-state index contributed by atoms with van der Waals surface area (Å²) < 4.78 is 25.4. The monoisotopic (exact) mass is 279 g/mol. The molecule has 1 aromatic rings. The van der Waals surface area contributed by atoms with Crippen LogP contribution in [0, 0.1) is 0 Å². The van der Waals surface area contributed by atoms with Crippen molar-refractivity contribution in [1.82, 2.24) is 0 Å². The molecular weight excluding hydrogens is 258 g/mol. The average molecular weight is 279 g/mol. The van der Waals surface area contributed by atoms with Crippen molar-refractivity contribution in [3.05, 3.63) is 29.3 Å². The van der Waals surface area contributed by atoms with Crippen molar-refractivity contribution in [2.75, 3.05) is 0 Å². The van der Waals surface area contributed by atoms with Gasteiger partial charge in [-0.1, -0.05) is 12.5 Å². The molecule has 0 saturated heterocycles. The maximum Gasteiger partial charge on any atom is 0.181 e. The molecule has 4 heteroatoms. The van der Waals surface area contributed by atoms with Crippen LogP contribution in [0.15, 0.2) is 23.1 Å². The molecule has 1 saturated carbocycles. The van der Waals surface area contributed by atoms with Gasteiger partial charge in [0.2, 0.25) is 0 Å². The van der Waals surface area contributed by atoms with Gasteiger partial charge in [-0.2, -0.15) is 0 Å². The van der Waals surface area contributed by atoms with Gasteiger partial charge < -0.3 is 5.73 Å². The Morgan fingerprint density at radius 2 is 1.84 bits per heavy atom. The van der Waals surface area contributed by atoms with Gasteiger partial charge in [0.15, 0.2) is 9.84 Å². The van der Waals surface area contributed by atoms with Crippen LogP contribution in [-0.4, -0.2) is 19.7 Å². The predicted octanol–water partition coefficient (Wildman–Crippen LogP) is 2.22. The van der Waals surface area contributed by atoms with Gasteiger partial charge in [0, 0.05) is 6.04 Å². The molecule has 0 bridgehead atoms. The average Bonchev–Trinajstić information content (AvgIpc) is 2.85. The molecule has 2 unspecified atom stereocenters. The van der Waals surface area contributed by atoms with E-state index in [4.69, 9.17) is 5.73 Å². The molecule has 19 heavy (non-hydrogen) atoms. The first kappa shape index (κ1) is 13.1. The van der Waals surface area contributed by atoms with E-state index in [2.05, 4.69) is 0 Å². The van der Waals surface area contributed by atoms with E-state index in [1.165, 1.54) is 11.1 Å². The summed E-state index contributed by atoms with van der Waals surface area (Å²) in [6.45, 7) is 0. The van der Waals surface area contributed by atoms with Gasteiger partial charge in [0.05, 0.1) is 10.1 Å². The lowest BCUT2D eigenvalue weighted by Crippen LogP contribution is -2.35. The van der Waals surface area contributed by atoms with E-state index in [-0.39, 0.29) is 11.3 Å². The Labute approximate surface area is 115 Å². The van der Waals surface area contributed by atoms with Crippen molar-refractivity contribution in [1.29, 1.82) is 0 Å². The number of sulfone groups is 1. The molecule has 104 valence electrons. The summed E-state index contributed by atoms with van der Waals surface area (Å²) in [4.78, 5) is 0.507. The molecule has 0 spiro atoms. The third-order valence-electron chi connectivity index (χ3n) is 4.50. The first-order valence-electron chi connectivity index (χ1n) is 7.18. The van der Waals surface area contributed by atoms with Crippen molar-refractivity contribution in [3.63, 3.8) is 0 Å². The molecule has 1 fully saturated rings. The summed E-state index contributed by atoms with van der Waals surface area (Å²) in [5.41, 5.74) is 8.47. The maximum atomic E-state index is 12.7. The van der Waals surface area contributed by atoms with Crippen LogP contribution in [0.5, 0.6) is 0 Å². The first-order chi connectivity index (χ1) is 9.07. The fourth-order valence-corrected chi connectivity index (χ4v) is 5.31. The van der Waals surface area contributed by atoms with Crippen molar-refractivity contribution < 1.29 is 8.42 Å². The second-order valence-electron chi connectivity index (χ2n) is 5.88. The van der Waals surface area contributed by atoms with Gasteiger partial charge in [0.1, 0.15) is 0 Å². The maximum absolute atomic E-state index is 12.7. The van der Waals surface area contributed by atoms with Crippen LogP contribution < -0.4 is 5.73 Å². The van der Waals surface area contributed by atoms with E-state index >= 15 is 0 Å². The molecule has 0 radical (unpaired) electrons. The predicted molar refractivity (Wildman–Crippen MR) is 75.9 cm³/mol. The number of nitrogens with two attached hydrogens (primary N) is 1. The quantitative estimate of drug-likeness (QED) is 0.903. The van der Waals surface area contributed by atoms with Gasteiger partial charge in [-0.05, 0) is 61.8 Å². The number of hydrogen-bond acceptors (Lipinski definition) is 3. The lowest BCUT2D eigenvalue weighted by molar-refractivity contribution is 0.433. The van der Waals surface area contributed by atoms with Crippen molar-refractivity contribution in [2.24, 2.45) is 5.73 Å². The highest BCUT2D eigenvalue weighted by Crippen LogP contribution is 2.31. The van der Waals surface area contributed by atoms with E-state index in [0.29, 0.717) is 11.3 Å². The topological polar surface area (TPSA) is 60.2 Å². The molecule has 2 aliphatic rings. The van der Waals surface area contributed by atoms with Crippen LogP contribution >= 0.6 is 0 Å². The van der Waals surface area contributed by atoms with Gasteiger partial charge in [0.25, 0.3) is 0 Å². The molecule has 2 N–H and O–H groups in total. The van der Waals surface area contributed by atoms with E-state index in [1.807, 2.05) is 12.1 Å². The number of fused-ring (bicyclic) bond motifs is 1. The number of benzene rings is 1. The minimum absolute atomic E-state index is 0.0444. The minimum atomic E-state index is -3.20. The van der Waals surface area contributed by atoms with E-state index < -0.39 is 9.84 Å². The first-order valence-corrected chi connectivity index (χ1v) is 8.73. The summed E-state index contributed by atoms with van der Waals surface area (Å²) in [5.74, 6) is 0. The molecule has 0 aliphatic heterocycles. The van der Waals surface area contributed by atoms with Crippen LogP contribution in [-0.2, 0) is 22.7 Å². The van der Waals surface area contributed by atoms with Crippen LogP contribution in [0.4, 0.5) is 0 Å². The Morgan fingerprint density at radius 3 is 2.63 bits per heavy atom. The fraction of sp³-hybridized carbons (Fsp3) is 0.600. The van der Waals surface area contributed by atoms with Crippen LogP contribution in [0.2, 0.25) is 0 Å². The van der Waals surface area contributed by atoms with Crippen LogP contribution in [0.3, 0.4) is 0 Å². The van der Waals surface area contributed by atoms with Crippen LogP contribution in [0.1, 0.15) is 43.2 Å². The SMILES string of the molecule is NC1CCCC(S(=O)(=O)c2ccc3c(c2)CCC3)C1. The number of rotatable bonds is 2. The Hall–Kier alpha value is -0.870. The highest BCUT2D eigenvalue weighted by atomic mass is 32.2. The zero-order chi connectivity index (χ0) is 13.5. The molecular formula is C15H21NO2S. The molecule has 2 aliphatic carbocycles. The normalized spacial score (nSPS) is 27.2. The molecule has 3 rings (SSSR count). The van der Waals surface area contributed by atoms with E-state index in [1.54, 1.807) is 6.07 Å². The van der Waals surface area contributed by atoms with Crippen molar-refractivity contribution in [3.8, 4) is 0 Å². The van der Waals surface area contributed by atoms with Gasteiger partial charge >= 0.3 is 0 Å². The number of aryl methyl sites for hydroxylation is 2. The lowest BCUT2D eigenvalue weighted by atomic mass is 9.96. The number of hydrogen-bond donors (Lipinski definition) is 1. The second-order valence-corrected chi connectivity index (χ2v) is 8.11. The lowest BCUT2D eigenvalue weighted by Gasteiger charge is -2.26. The van der Waals surface area contributed by atoms with Gasteiger partial charge in [-0.15, -0.1) is 0 Å². The summed E-state index contributed by atoms with van der Waals surface area (Å²) in [5, 5.41) is -0.282. The second kappa shape index (κ2) is 4.91. The summed E-state index contributed by atoms with van der Waals surface area (Å²) >= 11 is 0. The molecule has 3 nitrogen and oxygen atoms in total. The van der Waals surface area contributed by atoms with Gasteiger partial charge in [-0.3, -0.25) is 0 Å². The zero-order valence-electron chi connectivity index (χ0n) is 11.1. The molecule has 2 atom stereocenters. The standard InChI is InChI=1S/C15H21NO2S/c16-13-5-2-6-14(10-13)19(17,18)15-8-7-11-3-1-4-12(11)9-15/h7-9,13-14H,1-6,10,16H2.